The first kappa shape index (κ1) is 27.3. The minimum atomic E-state index is -3.84. The number of hydrogen-bond donors (Lipinski definition) is 1. The monoisotopic (exact) mass is 491 g/mol. The van der Waals surface area contributed by atoms with Crippen LogP contribution in [0.25, 0.3) is 0 Å². The third-order valence-electron chi connectivity index (χ3n) is 5.40. The van der Waals surface area contributed by atoms with E-state index in [2.05, 4.69) is 5.32 Å². The van der Waals surface area contributed by atoms with Gasteiger partial charge in [-0.1, -0.05) is 50.2 Å². The van der Waals surface area contributed by atoms with E-state index in [1.54, 1.807) is 39.0 Å². The van der Waals surface area contributed by atoms with Crippen molar-refractivity contribution in [2.45, 2.75) is 59.2 Å². The lowest BCUT2D eigenvalue weighted by Gasteiger charge is -2.32. The second-order valence-electron chi connectivity index (χ2n) is 8.94. The molecule has 1 unspecified atom stereocenters. The summed E-state index contributed by atoms with van der Waals surface area (Å²) in [6, 6.07) is 11.9. The summed E-state index contributed by atoms with van der Waals surface area (Å²) in [6.07, 6.45) is 1.04. The van der Waals surface area contributed by atoms with Gasteiger partial charge in [-0.3, -0.25) is 13.9 Å². The maximum absolute atomic E-state index is 14.4. The molecule has 0 saturated carbocycles. The third kappa shape index (κ3) is 7.03. The molecule has 0 radical (unpaired) electrons. The van der Waals surface area contributed by atoms with Crippen molar-refractivity contribution in [3.05, 3.63) is 65.5 Å². The number of anilines is 1. The molecule has 0 aliphatic rings. The molecule has 2 amide bonds. The molecule has 0 aliphatic carbocycles. The standard InChI is InChI=1S/C25H34FN3O4S/c1-17(2)21-12-8-10-14-23(21)29(34(6,32)33)16-24(30)28(19(5)25(31)27-18(3)4)15-20-11-7-9-13-22(20)26/h7-14,17-19H,15-16H2,1-6H3,(H,27,31). The highest BCUT2D eigenvalue weighted by Gasteiger charge is 2.31. The number of sulfonamides is 1. The van der Waals surface area contributed by atoms with Crippen molar-refractivity contribution in [2.24, 2.45) is 0 Å². The Morgan fingerprint density at radius 3 is 2.12 bits per heavy atom. The Balaban J connectivity index is 2.47. The molecule has 2 rings (SSSR count). The van der Waals surface area contributed by atoms with Crippen LogP contribution in [0.4, 0.5) is 10.1 Å². The van der Waals surface area contributed by atoms with Crippen LogP contribution in [-0.2, 0) is 26.2 Å². The number of halogens is 1. The molecule has 0 saturated heterocycles. The first-order valence-corrected chi connectivity index (χ1v) is 13.1. The fraction of sp³-hybridized carbons (Fsp3) is 0.440. The van der Waals surface area contributed by atoms with E-state index in [4.69, 9.17) is 0 Å². The van der Waals surface area contributed by atoms with Crippen LogP contribution in [0.3, 0.4) is 0 Å². The van der Waals surface area contributed by atoms with E-state index in [1.807, 2.05) is 26.0 Å². The van der Waals surface area contributed by atoms with Crippen molar-refractivity contribution >= 4 is 27.5 Å². The van der Waals surface area contributed by atoms with Crippen molar-refractivity contribution in [1.82, 2.24) is 10.2 Å². The average molecular weight is 492 g/mol. The SMILES string of the molecule is CC(C)NC(=O)C(C)N(Cc1ccccc1F)C(=O)CN(c1ccccc1C(C)C)S(C)(=O)=O. The summed E-state index contributed by atoms with van der Waals surface area (Å²) in [4.78, 5) is 27.5. The summed E-state index contributed by atoms with van der Waals surface area (Å²) in [5.74, 6) is -1.52. The third-order valence-corrected chi connectivity index (χ3v) is 6.53. The lowest BCUT2D eigenvalue weighted by Crippen LogP contribution is -2.52. The van der Waals surface area contributed by atoms with Crippen LogP contribution >= 0.6 is 0 Å². The van der Waals surface area contributed by atoms with Gasteiger partial charge < -0.3 is 10.2 Å². The predicted octanol–water partition coefficient (Wildman–Crippen LogP) is 3.66. The van der Waals surface area contributed by atoms with Gasteiger partial charge in [-0.25, -0.2) is 12.8 Å². The summed E-state index contributed by atoms with van der Waals surface area (Å²) < 4.78 is 40.9. The van der Waals surface area contributed by atoms with E-state index in [9.17, 15) is 22.4 Å². The van der Waals surface area contributed by atoms with Gasteiger partial charge in [-0.05, 0) is 44.4 Å². The zero-order valence-electron chi connectivity index (χ0n) is 20.6. The molecule has 0 aromatic heterocycles. The Morgan fingerprint density at radius 1 is 0.971 bits per heavy atom. The zero-order valence-corrected chi connectivity index (χ0v) is 21.4. The number of nitrogens with one attached hydrogen (secondary N) is 1. The van der Waals surface area contributed by atoms with Crippen LogP contribution in [0, 0.1) is 5.82 Å². The summed E-state index contributed by atoms with van der Waals surface area (Å²) >= 11 is 0. The number of para-hydroxylation sites is 1. The van der Waals surface area contributed by atoms with Gasteiger partial charge in [0.1, 0.15) is 18.4 Å². The second-order valence-corrected chi connectivity index (χ2v) is 10.8. The fourth-order valence-electron chi connectivity index (χ4n) is 3.60. The Bertz CT molecular complexity index is 1120. The molecule has 2 aromatic rings. The van der Waals surface area contributed by atoms with E-state index in [0.717, 1.165) is 16.1 Å². The van der Waals surface area contributed by atoms with Crippen LogP contribution < -0.4 is 9.62 Å². The number of amides is 2. The lowest BCUT2D eigenvalue weighted by molar-refractivity contribution is -0.139. The zero-order chi connectivity index (χ0) is 25.6. The Labute approximate surface area is 202 Å². The highest BCUT2D eigenvalue weighted by atomic mass is 32.2. The highest BCUT2D eigenvalue weighted by molar-refractivity contribution is 7.92. The number of rotatable bonds is 10. The van der Waals surface area contributed by atoms with Crippen LogP contribution in [0.5, 0.6) is 0 Å². The second kappa shape index (κ2) is 11.5. The first-order chi connectivity index (χ1) is 15.8. The number of hydrogen-bond acceptors (Lipinski definition) is 4. The van der Waals surface area contributed by atoms with Crippen LogP contribution in [0.15, 0.2) is 48.5 Å². The van der Waals surface area contributed by atoms with E-state index in [1.165, 1.54) is 23.1 Å². The van der Waals surface area contributed by atoms with E-state index < -0.39 is 40.2 Å². The summed E-state index contributed by atoms with van der Waals surface area (Å²) in [7, 11) is -3.84. The topological polar surface area (TPSA) is 86.8 Å². The maximum atomic E-state index is 14.4. The number of carbonyl (C=O) groups excluding carboxylic acids is 2. The molecule has 0 fully saturated rings. The number of nitrogens with zero attached hydrogens (tertiary/aromatic N) is 2. The normalized spacial score (nSPS) is 12.5. The van der Waals surface area contributed by atoms with Crippen molar-refractivity contribution < 1.29 is 22.4 Å². The van der Waals surface area contributed by atoms with Gasteiger partial charge in [0.2, 0.25) is 21.8 Å². The highest BCUT2D eigenvalue weighted by Crippen LogP contribution is 2.29. The molecule has 0 aliphatic heterocycles. The molecule has 0 bridgehead atoms. The molecule has 9 heteroatoms. The van der Waals surface area contributed by atoms with Gasteiger partial charge in [-0.2, -0.15) is 0 Å². The van der Waals surface area contributed by atoms with Gasteiger partial charge >= 0.3 is 0 Å². The van der Waals surface area contributed by atoms with Crippen LogP contribution in [0.2, 0.25) is 0 Å². The van der Waals surface area contributed by atoms with Crippen LogP contribution in [0.1, 0.15) is 51.7 Å². The molecule has 0 heterocycles. The Hall–Kier alpha value is -2.94. The molecule has 7 nitrogen and oxygen atoms in total. The summed E-state index contributed by atoms with van der Waals surface area (Å²) in [6.45, 7) is 8.30. The molecular weight excluding hydrogens is 457 g/mol. The molecule has 0 spiro atoms. The summed E-state index contributed by atoms with van der Waals surface area (Å²) in [5, 5.41) is 2.76. The van der Waals surface area contributed by atoms with Crippen molar-refractivity contribution in [3.8, 4) is 0 Å². The molecule has 2 aromatic carbocycles. The largest absolute Gasteiger partial charge is 0.352 e. The molecule has 1 atom stereocenters. The quantitative estimate of drug-likeness (QED) is 0.550. The molecule has 186 valence electrons. The van der Waals surface area contributed by atoms with Crippen molar-refractivity contribution in [2.75, 3.05) is 17.1 Å². The number of carbonyl (C=O) groups is 2. The molecular formula is C25H34FN3O4S. The van der Waals surface area contributed by atoms with Crippen molar-refractivity contribution in [3.63, 3.8) is 0 Å². The van der Waals surface area contributed by atoms with Crippen molar-refractivity contribution in [1.29, 1.82) is 0 Å². The predicted molar refractivity (Wildman–Crippen MR) is 132 cm³/mol. The van der Waals surface area contributed by atoms with Crippen LogP contribution in [-0.4, -0.2) is 50.0 Å². The maximum Gasteiger partial charge on any atom is 0.244 e. The minimum Gasteiger partial charge on any atom is -0.352 e. The number of benzene rings is 2. The van der Waals surface area contributed by atoms with Gasteiger partial charge in [-0.15, -0.1) is 0 Å². The average Bonchev–Trinajstić information content (AvgIpc) is 2.75. The molecule has 1 N–H and O–H groups in total. The van der Waals surface area contributed by atoms with E-state index in [-0.39, 0.29) is 24.1 Å². The first-order valence-electron chi connectivity index (χ1n) is 11.2. The Kier molecular flexibility index (Phi) is 9.21. The Morgan fingerprint density at radius 2 is 1.56 bits per heavy atom. The van der Waals surface area contributed by atoms with Gasteiger partial charge in [0.05, 0.1) is 11.9 Å². The van der Waals surface area contributed by atoms with E-state index in [0.29, 0.717) is 5.69 Å². The smallest absolute Gasteiger partial charge is 0.244 e. The van der Waals surface area contributed by atoms with Gasteiger partial charge in [0.25, 0.3) is 0 Å². The van der Waals surface area contributed by atoms with Gasteiger partial charge in [0.15, 0.2) is 0 Å². The van der Waals surface area contributed by atoms with Gasteiger partial charge in [0, 0.05) is 18.2 Å². The molecule has 34 heavy (non-hydrogen) atoms. The van der Waals surface area contributed by atoms with E-state index >= 15 is 0 Å². The lowest BCUT2D eigenvalue weighted by atomic mass is 10.0. The fourth-order valence-corrected chi connectivity index (χ4v) is 4.46. The summed E-state index contributed by atoms with van der Waals surface area (Å²) in [5.41, 5.74) is 1.40. The minimum absolute atomic E-state index is 0.0146.